The van der Waals surface area contributed by atoms with Crippen molar-refractivity contribution >= 4 is 33.3 Å². The summed E-state index contributed by atoms with van der Waals surface area (Å²) < 4.78 is 2.61. The zero-order chi connectivity index (χ0) is 17.2. The topological polar surface area (TPSA) is 72.2 Å². The van der Waals surface area contributed by atoms with Gasteiger partial charge in [-0.25, -0.2) is 9.97 Å². The van der Waals surface area contributed by atoms with Gasteiger partial charge in [-0.15, -0.1) is 0 Å². The summed E-state index contributed by atoms with van der Waals surface area (Å²) in [4.78, 5) is 25.1. The van der Waals surface area contributed by atoms with Gasteiger partial charge in [0.05, 0.1) is 11.3 Å². The fourth-order valence-electron chi connectivity index (χ4n) is 2.46. The number of nitrogens with one attached hydrogen (secondary N) is 1. The highest BCUT2D eigenvalue weighted by molar-refractivity contribution is 9.10. The minimum absolute atomic E-state index is 0.220. The van der Waals surface area contributed by atoms with Crippen molar-refractivity contribution in [1.29, 1.82) is 0 Å². The predicted molar refractivity (Wildman–Crippen MR) is 98.3 cm³/mol. The van der Waals surface area contributed by atoms with Crippen LogP contribution < -0.4 is 5.32 Å². The number of carbonyl (C=O) groups is 1. The lowest BCUT2D eigenvalue weighted by Gasteiger charge is -2.06. The number of aromatic nitrogens is 4. The number of carbonyl (C=O) groups excluding carboxylic acids is 1. The molecule has 0 aliphatic rings. The van der Waals surface area contributed by atoms with Gasteiger partial charge >= 0.3 is 0 Å². The monoisotopic (exact) mass is 393 g/mol. The molecule has 122 valence electrons. The Morgan fingerprint density at radius 2 is 2.08 bits per heavy atom. The zero-order valence-electron chi connectivity index (χ0n) is 12.9. The van der Waals surface area contributed by atoms with Gasteiger partial charge in [-0.3, -0.25) is 14.2 Å². The van der Waals surface area contributed by atoms with E-state index < -0.39 is 0 Å². The van der Waals surface area contributed by atoms with E-state index in [4.69, 9.17) is 0 Å². The van der Waals surface area contributed by atoms with Crippen LogP contribution in [0.5, 0.6) is 0 Å². The number of pyridine rings is 1. The van der Waals surface area contributed by atoms with Gasteiger partial charge in [0.1, 0.15) is 0 Å². The summed E-state index contributed by atoms with van der Waals surface area (Å²) in [5.41, 5.74) is 2.86. The second-order valence-corrected chi connectivity index (χ2v) is 6.30. The van der Waals surface area contributed by atoms with Crippen molar-refractivity contribution in [3.63, 3.8) is 0 Å². The van der Waals surface area contributed by atoms with Crippen LogP contribution in [0.2, 0.25) is 0 Å². The van der Waals surface area contributed by atoms with Gasteiger partial charge in [-0.2, -0.15) is 0 Å². The van der Waals surface area contributed by atoms with Crippen LogP contribution in [-0.2, 0) is 0 Å². The zero-order valence-corrected chi connectivity index (χ0v) is 14.5. The number of hydrogen-bond acceptors (Lipinski definition) is 4. The molecule has 0 aliphatic carbocycles. The van der Waals surface area contributed by atoms with Gasteiger partial charge in [-0.05, 0) is 40.2 Å². The number of anilines is 1. The summed E-state index contributed by atoms with van der Waals surface area (Å²) >= 11 is 3.32. The highest BCUT2D eigenvalue weighted by Crippen LogP contribution is 2.22. The summed E-state index contributed by atoms with van der Waals surface area (Å²) in [6.45, 7) is 0. The van der Waals surface area contributed by atoms with Crippen molar-refractivity contribution in [3.05, 3.63) is 77.4 Å². The van der Waals surface area contributed by atoms with Gasteiger partial charge < -0.3 is 5.32 Å². The maximum absolute atomic E-state index is 12.4. The molecular formula is C18H12BrN5O. The number of hydrogen-bond donors (Lipinski definition) is 1. The Morgan fingerprint density at radius 1 is 1.16 bits per heavy atom. The van der Waals surface area contributed by atoms with E-state index in [1.807, 2.05) is 47.1 Å². The normalized spacial score (nSPS) is 10.8. The smallest absolute Gasteiger partial charge is 0.257 e. The Kier molecular flexibility index (Phi) is 3.99. The molecule has 4 rings (SSSR count). The van der Waals surface area contributed by atoms with Crippen molar-refractivity contribution < 1.29 is 4.79 Å². The third-order valence-electron chi connectivity index (χ3n) is 3.62. The number of halogens is 1. The maximum atomic E-state index is 12.4. The molecule has 0 aliphatic heterocycles. The molecule has 3 heterocycles. The van der Waals surface area contributed by atoms with Gasteiger partial charge in [-0.1, -0.05) is 12.1 Å². The summed E-state index contributed by atoms with van der Waals surface area (Å²) in [5, 5.41) is 2.88. The molecule has 0 saturated heterocycles. The summed E-state index contributed by atoms with van der Waals surface area (Å²) in [6.07, 6.45) is 8.66. The summed E-state index contributed by atoms with van der Waals surface area (Å²) in [6, 6.07) is 11.1. The van der Waals surface area contributed by atoms with E-state index in [1.165, 1.54) is 6.20 Å². The highest BCUT2D eigenvalue weighted by atomic mass is 79.9. The second-order valence-electron chi connectivity index (χ2n) is 5.38. The molecule has 0 fully saturated rings. The Morgan fingerprint density at radius 3 is 2.92 bits per heavy atom. The number of rotatable bonds is 3. The predicted octanol–water partition coefficient (Wildman–Crippen LogP) is 3.81. The Hall–Kier alpha value is -3.06. The molecule has 1 N–H and O–H groups in total. The molecular weight excluding hydrogens is 382 g/mol. The average molecular weight is 394 g/mol. The molecule has 1 amide bonds. The van der Waals surface area contributed by atoms with E-state index >= 15 is 0 Å². The molecule has 1 aromatic carbocycles. The largest absolute Gasteiger partial charge is 0.322 e. The molecule has 0 bridgehead atoms. The minimum Gasteiger partial charge on any atom is -0.322 e. The SMILES string of the molecule is O=C(Nc1cccc(-c2cn3cccnc3n2)c1)c1cncc(Br)c1. The summed E-state index contributed by atoms with van der Waals surface area (Å²) in [5.74, 6) is 0.412. The first kappa shape index (κ1) is 15.5. The lowest BCUT2D eigenvalue weighted by molar-refractivity contribution is 0.102. The molecule has 6 nitrogen and oxygen atoms in total. The van der Waals surface area contributed by atoms with Crippen LogP contribution in [-0.4, -0.2) is 25.3 Å². The van der Waals surface area contributed by atoms with Crippen molar-refractivity contribution in [1.82, 2.24) is 19.4 Å². The number of nitrogens with zero attached hydrogens (tertiary/aromatic N) is 4. The van der Waals surface area contributed by atoms with Crippen LogP contribution >= 0.6 is 15.9 Å². The van der Waals surface area contributed by atoms with Crippen LogP contribution in [0.3, 0.4) is 0 Å². The van der Waals surface area contributed by atoms with E-state index in [0.717, 1.165) is 15.7 Å². The third kappa shape index (κ3) is 3.27. The second kappa shape index (κ2) is 6.45. The van der Waals surface area contributed by atoms with E-state index in [0.29, 0.717) is 17.0 Å². The first-order valence-electron chi connectivity index (χ1n) is 7.51. The van der Waals surface area contributed by atoms with Gasteiger partial charge in [0.25, 0.3) is 5.91 Å². The fourth-order valence-corrected chi connectivity index (χ4v) is 2.83. The molecule has 0 radical (unpaired) electrons. The molecule has 0 saturated carbocycles. The van der Waals surface area contributed by atoms with Crippen LogP contribution in [0, 0.1) is 0 Å². The van der Waals surface area contributed by atoms with Crippen molar-refractivity contribution in [3.8, 4) is 11.3 Å². The lowest BCUT2D eigenvalue weighted by atomic mass is 10.1. The lowest BCUT2D eigenvalue weighted by Crippen LogP contribution is -2.12. The van der Waals surface area contributed by atoms with Crippen molar-refractivity contribution in [2.45, 2.75) is 0 Å². The van der Waals surface area contributed by atoms with Gasteiger partial charge in [0.2, 0.25) is 5.78 Å². The first-order chi connectivity index (χ1) is 12.2. The quantitative estimate of drug-likeness (QED) is 0.574. The van der Waals surface area contributed by atoms with Crippen LogP contribution in [0.1, 0.15) is 10.4 Å². The van der Waals surface area contributed by atoms with E-state index in [-0.39, 0.29) is 5.91 Å². The molecule has 0 atom stereocenters. The molecule has 3 aromatic heterocycles. The number of fused-ring (bicyclic) bond motifs is 1. The number of benzene rings is 1. The third-order valence-corrected chi connectivity index (χ3v) is 4.05. The maximum Gasteiger partial charge on any atom is 0.257 e. The van der Waals surface area contributed by atoms with E-state index in [9.17, 15) is 4.79 Å². The number of amides is 1. The molecule has 25 heavy (non-hydrogen) atoms. The molecule has 4 aromatic rings. The highest BCUT2D eigenvalue weighted by Gasteiger charge is 2.09. The molecule has 7 heteroatoms. The average Bonchev–Trinajstić information content (AvgIpc) is 3.06. The van der Waals surface area contributed by atoms with Gasteiger partial charge in [0.15, 0.2) is 0 Å². The Bertz CT molecular complexity index is 1040. The van der Waals surface area contributed by atoms with E-state index in [1.54, 1.807) is 18.5 Å². The standard InChI is InChI=1S/C18H12BrN5O/c19-14-7-13(9-20-10-14)17(25)22-15-4-1-3-12(8-15)16-11-24-6-2-5-21-18(24)23-16/h1-11H,(H,22,25). The van der Waals surface area contributed by atoms with E-state index in [2.05, 4.69) is 36.2 Å². The van der Waals surface area contributed by atoms with Crippen molar-refractivity contribution in [2.75, 3.05) is 5.32 Å². The first-order valence-corrected chi connectivity index (χ1v) is 8.30. The fraction of sp³-hybridized carbons (Fsp3) is 0. The minimum atomic E-state index is -0.220. The van der Waals surface area contributed by atoms with Crippen LogP contribution in [0.15, 0.2) is 71.9 Å². The van der Waals surface area contributed by atoms with Gasteiger partial charge in [0, 0.05) is 46.7 Å². The Balaban J connectivity index is 1.62. The molecule has 0 unspecified atom stereocenters. The Labute approximate surface area is 151 Å². The van der Waals surface area contributed by atoms with Crippen LogP contribution in [0.25, 0.3) is 17.0 Å². The number of imidazole rings is 1. The van der Waals surface area contributed by atoms with Crippen molar-refractivity contribution in [2.24, 2.45) is 0 Å². The summed E-state index contributed by atoms with van der Waals surface area (Å²) in [7, 11) is 0. The van der Waals surface area contributed by atoms with Crippen LogP contribution in [0.4, 0.5) is 5.69 Å². The molecule has 0 spiro atoms.